The van der Waals surface area contributed by atoms with Crippen LogP contribution in [-0.2, 0) is 20.4 Å². The van der Waals surface area contributed by atoms with Gasteiger partial charge >= 0.3 is 11.9 Å². The van der Waals surface area contributed by atoms with Crippen LogP contribution in [0.15, 0.2) is 149 Å². The minimum Gasteiger partial charge on any atom is -0.427 e. The number of ether oxygens (including phenoxy) is 2. The summed E-state index contributed by atoms with van der Waals surface area (Å²) in [4.78, 5) is 27.4. The van der Waals surface area contributed by atoms with Crippen molar-refractivity contribution in [1.82, 2.24) is 0 Å². The third kappa shape index (κ3) is 10.8. The Balaban J connectivity index is 1.07. The monoisotopic (exact) mass is 865 g/mol. The highest BCUT2D eigenvalue weighted by Gasteiger charge is 2.44. The van der Waals surface area contributed by atoms with Gasteiger partial charge in [-0.05, 0) is 101 Å². The van der Waals surface area contributed by atoms with E-state index in [4.69, 9.17) is 21.1 Å². The number of likely N-dealkylation sites (N-methyl/N-ethyl adjacent to an activating group) is 1. The van der Waals surface area contributed by atoms with Gasteiger partial charge in [0.15, 0.2) is 5.71 Å². The molecule has 0 radical (unpaired) electrons. The number of esters is 2. The Kier molecular flexibility index (Phi) is 14.4. The van der Waals surface area contributed by atoms with Crippen molar-refractivity contribution >= 4 is 40.6 Å². The number of fused-ring (bicyclic) bond motifs is 2. The van der Waals surface area contributed by atoms with E-state index in [1.807, 2.05) is 60.7 Å². The highest BCUT2D eigenvalue weighted by atomic mass is 35.5. The number of hydrogen-bond donors (Lipinski definition) is 0. The molecule has 7 rings (SSSR count). The number of carbonyl (C=O) groups is 2. The molecule has 0 spiro atoms. The third-order valence-electron chi connectivity index (χ3n) is 12.8. The van der Waals surface area contributed by atoms with Crippen molar-refractivity contribution in [3.63, 3.8) is 0 Å². The molecule has 4 aromatic rings. The van der Waals surface area contributed by atoms with E-state index < -0.39 is 0 Å². The quantitative estimate of drug-likeness (QED) is 0.0264. The number of carbonyl (C=O) groups excluding carboxylic acids is 2. The van der Waals surface area contributed by atoms with Gasteiger partial charge in [-0.25, -0.2) is 0 Å². The van der Waals surface area contributed by atoms with Crippen LogP contribution in [0.4, 0.5) is 11.4 Å². The van der Waals surface area contributed by atoms with Gasteiger partial charge in [-0.1, -0.05) is 90.8 Å². The lowest BCUT2D eigenvalue weighted by molar-refractivity contribution is -0.889. The van der Waals surface area contributed by atoms with Gasteiger partial charge in [0.1, 0.15) is 24.6 Å². The number of para-hydroxylation sites is 4. The first-order valence-electron chi connectivity index (χ1n) is 22.7. The molecule has 3 aliphatic heterocycles. The van der Waals surface area contributed by atoms with E-state index in [-0.39, 0.29) is 28.7 Å². The summed E-state index contributed by atoms with van der Waals surface area (Å²) >= 11 is 7.46. The molecule has 8 heteroatoms. The van der Waals surface area contributed by atoms with Crippen LogP contribution in [0.5, 0.6) is 11.5 Å². The summed E-state index contributed by atoms with van der Waals surface area (Å²) in [6.45, 7) is 12.6. The molecule has 0 bridgehead atoms. The molecule has 0 N–H and O–H groups in total. The molecule has 0 saturated carbocycles. The van der Waals surface area contributed by atoms with Crippen LogP contribution in [0.3, 0.4) is 0 Å². The van der Waals surface area contributed by atoms with Crippen LogP contribution in [-0.4, -0.2) is 67.0 Å². The van der Waals surface area contributed by atoms with Crippen molar-refractivity contribution < 1.29 is 28.1 Å². The summed E-state index contributed by atoms with van der Waals surface area (Å²) in [5.41, 5.74) is 12.0. The van der Waals surface area contributed by atoms with E-state index in [1.54, 1.807) is 0 Å². The fourth-order valence-electron chi connectivity index (χ4n) is 9.54. The maximum absolute atomic E-state index is 12.5. The molecular formula is C55H64ClN3O4+2. The molecule has 0 saturated heterocycles. The number of rotatable bonds is 17. The molecule has 4 aromatic carbocycles. The van der Waals surface area contributed by atoms with Crippen molar-refractivity contribution in [2.24, 2.45) is 5.92 Å². The van der Waals surface area contributed by atoms with Gasteiger partial charge < -0.3 is 18.9 Å². The van der Waals surface area contributed by atoms with Crippen LogP contribution in [0, 0.1) is 5.92 Å². The Bertz CT molecular complexity index is 2440. The molecule has 1 atom stereocenters. The first-order chi connectivity index (χ1) is 30.2. The van der Waals surface area contributed by atoms with Crippen LogP contribution < -0.4 is 14.4 Å². The average Bonchev–Trinajstić information content (AvgIpc) is 3.61. The Labute approximate surface area is 380 Å². The number of hydrogen-bond acceptors (Lipinski definition) is 5. The van der Waals surface area contributed by atoms with E-state index in [0.29, 0.717) is 24.3 Å². The lowest BCUT2D eigenvalue weighted by Gasteiger charge is -2.37. The second kappa shape index (κ2) is 19.9. The Morgan fingerprint density at radius 1 is 0.730 bits per heavy atom. The van der Waals surface area contributed by atoms with Gasteiger partial charge in [0, 0.05) is 65.2 Å². The number of anilines is 1. The summed E-state index contributed by atoms with van der Waals surface area (Å²) in [5.74, 6) is 0.810. The fourth-order valence-corrected chi connectivity index (χ4v) is 9.79. The van der Waals surface area contributed by atoms with Gasteiger partial charge in [-0.3, -0.25) is 9.59 Å². The normalized spacial score (nSPS) is 18.3. The predicted octanol–water partition coefficient (Wildman–Crippen LogP) is 12.0. The van der Waals surface area contributed by atoms with Crippen molar-refractivity contribution in [3.05, 3.63) is 161 Å². The highest BCUT2D eigenvalue weighted by molar-refractivity contribution is 6.30. The van der Waals surface area contributed by atoms with Crippen LogP contribution in [0.1, 0.15) is 90.2 Å². The minimum atomic E-state index is -0.237. The first kappa shape index (κ1) is 45.6. The van der Waals surface area contributed by atoms with Crippen molar-refractivity contribution in [2.75, 3.05) is 45.2 Å². The predicted molar refractivity (Wildman–Crippen MR) is 256 cm³/mol. The molecular weight excluding hydrogens is 802 g/mol. The Morgan fingerprint density at radius 2 is 1.30 bits per heavy atom. The molecule has 1 unspecified atom stereocenters. The molecule has 3 aliphatic rings. The number of halogens is 1. The molecule has 3 heterocycles. The first-order valence-corrected chi connectivity index (χ1v) is 23.1. The van der Waals surface area contributed by atoms with E-state index in [0.717, 1.165) is 85.5 Å². The van der Waals surface area contributed by atoms with Crippen molar-refractivity contribution in [2.45, 2.75) is 89.9 Å². The Morgan fingerprint density at radius 3 is 1.95 bits per heavy atom. The van der Waals surface area contributed by atoms with Gasteiger partial charge in [-0.15, -0.1) is 5.73 Å². The zero-order valence-corrected chi connectivity index (χ0v) is 38.8. The van der Waals surface area contributed by atoms with Crippen LogP contribution in [0.2, 0.25) is 0 Å². The molecule has 0 amide bonds. The van der Waals surface area contributed by atoms with Crippen LogP contribution >= 0.6 is 11.6 Å². The molecule has 0 aromatic heterocycles. The highest BCUT2D eigenvalue weighted by Crippen LogP contribution is 2.47. The number of allylic oxidation sites excluding steroid dienone is 1. The van der Waals surface area contributed by atoms with Crippen LogP contribution in [0.25, 0.3) is 0 Å². The zero-order valence-electron chi connectivity index (χ0n) is 38.0. The summed E-state index contributed by atoms with van der Waals surface area (Å²) in [6, 6.07) is 36.0. The number of quaternary nitrogens is 1. The largest absolute Gasteiger partial charge is 0.427 e. The van der Waals surface area contributed by atoms with Crippen molar-refractivity contribution in [1.29, 1.82) is 0 Å². The third-order valence-corrected chi connectivity index (χ3v) is 13.3. The number of nitrogens with zero attached hydrogens (tertiary/aromatic N) is 3. The van der Waals surface area contributed by atoms with Gasteiger partial charge in [0.05, 0.1) is 37.7 Å². The zero-order chi connectivity index (χ0) is 44.6. The summed E-state index contributed by atoms with van der Waals surface area (Å²) in [5, 5.41) is 0.877. The maximum Gasteiger partial charge on any atom is 0.311 e. The van der Waals surface area contributed by atoms with E-state index in [9.17, 15) is 9.59 Å². The molecule has 7 nitrogen and oxygen atoms in total. The summed E-state index contributed by atoms with van der Waals surface area (Å²) in [7, 11) is 4.57. The fraction of sp³-hybridized carbons (Fsp3) is 0.382. The maximum atomic E-state index is 12.5. The number of benzene rings is 4. The van der Waals surface area contributed by atoms with E-state index in [1.165, 1.54) is 28.2 Å². The van der Waals surface area contributed by atoms with Gasteiger partial charge in [-0.2, -0.15) is 4.58 Å². The number of unbranched alkanes of at least 4 members (excludes halogenated alkanes) is 4. The van der Waals surface area contributed by atoms with Gasteiger partial charge in [0.25, 0.3) is 0 Å². The van der Waals surface area contributed by atoms with Crippen molar-refractivity contribution in [3.8, 4) is 11.5 Å². The molecule has 0 aliphatic carbocycles. The summed E-state index contributed by atoms with van der Waals surface area (Å²) < 4.78 is 14.3. The molecule has 328 valence electrons. The average molecular weight is 867 g/mol. The lowest BCUT2D eigenvalue weighted by atomic mass is 9.81. The SMILES string of the molecule is CC1(C)C(=C=CC2C[N+](C)(C)CC(/C=C/C3=[N+](CCCCCC(=O)Oc4ccccc4)c4ccccc4C3(C)C)=C2Cl)N(CCCCCC(=O)Oc2ccccc2)c2ccccc21. The topological polar surface area (TPSA) is 58.8 Å². The summed E-state index contributed by atoms with van der Waals surface area (Å²) in [6.07, 6.45) is 12.9. The minimum absolute atomic E-state index is 0.00280. The van der Waals surface area contributed by atoms with E-state index >= 15 is 0 Å². The lowest BCUT2D eigenvalue weighted by Crippen LogP contribution is -2.47. The molecule has 0 fully saturated rings. The standard InChI is InChI=1S/C55H64ClN3O4/c1-54(2)45-27-17-19-29-47(45)57(37-21-9-15-31-51(60)62-43-23-11-7-12-24-43)49(54)35-33-41-39-59(5,6)40-42(53(41)56)34-36-50-55(3,4)46-28-18-20-30-48(46)58(50)38-22-10-16-32-52(61)63-44-25-13-8-14-26-44/h7-8,11-14,17-20,23-30,33-35,42H,9-10,15-16,21-22,31-32,37-40H2,1-6H3/q+2/b35-33+. The smallest absolute Gasteiger partial charge is 0.311 e. The second-order valence-corrected chi connectivity index (χ2v) is 19.3. The second-order valence-electron chi connectivity index (χ2n) is 18.9. The molecule has 63 heavy (non-hydrogen) atoms. The van der Waals surface area contributed by atoms with Gasteiger partial charge in [0.2, 0.25) is 5.69 Å². The Hall–Kier alpha value is -5.46. The van der Waals surface area contributed by atoms with E-state index in [2.05, 4.69) is 124 Å².